The largest absolute Gasteiger partial charge is 0.496 e. The number of aromatic nitrogens is 1. The summed E-state index contributed by atoms with van der Waals surface area (Å²) in [4.78, 5) is 27.6. The molecular weight excluding hydrogens is 336 g/mol. The standard InChI is InChI=1S/C18H22N4O4/c1-3-10-13(22-17(24)15(10)19)8-26-18-11-7-14(25-2)12(16(20)23)6-9(11)4-5-21-18/h4-7,10,13,15H,3,8,19H2,1-2H3,(H2,20,23)(H,22,24)/t10-,13-,15+/m0/s1. The fourth-order valence-electron chi connectivity index (χ4n) is 3.35. The number of nitrogens with zero attached hydrogens (tertiary/aromatic N) is 1. The lowest BCUT2D eigenvalue weighted by molar-refractivity contribution is -0.120. The first-order valence-electron chi connectivity index (χ1n) is 8.41. The molecule has 3 rings (SSSR count). The second-order valence-electron chi connectivity index (χ2n) is 6.28. The second-order valence-corrected chi connectivity index (χ2v) is 6.28. The van der Waals surface area contributed by atoms with Crippen molar-refractivity contribution in [1.29, 1.82) is 0 Å². The normalized spacial score (nSPS) is 22.3. The number of nitrogens with two attached hydrogens (primary N) is 2. The number of carbonyl (C=O) groups is 2. The van der Waals surface area contributed by atoms with E-state index in [1.807, 2.05) is 6.92 Å². The molecule has 2 heterocycles. The van der Waals surface area contributed by atoms with Crippen molar-refractivity contribution < 1.29 is 19.1 Å². The predicted octanol–water partition coefficient (Wildman–Crippen LogP) is 0.573. The predicted molar refractivity (Wildman–Crippen MR) is 96.0 cm³/mol. The van der Waals surface area contributed by atoms with E-state index in [0.29, 0.717) is 17.0 Å². The third-order valence-electron chi connectivity index (χ3n) is 4.79. The lowest BCUT2D eigenvalue weighted by Crippen LogP contribution is -2.35. The number of fused-ring (bicyclic) bond motifs is 1. The first-order valence-corrected chi connectivity index (χ1v) is 8.41. The second kappa shape index (κ2) is 7.17. The SMILES string of the molecule is CC[C@H]1[C@H](COc2nccc3cc(C(N)=O)c(OC)cc23)NC(=O)[C@@H]1N. The van der Waals surface area contributed by atoms with Crippen LogP contribution in [0.2, 0.25) is 0 Å². The molecule has 1 aromatic carbocycles. The van der Waals surface area contributed by atoms with Gasteiger partial charge in [0.1, 0.15) is 12.4 Å². The van der Waals surface area contributed by atoms with Crippen LogP contribution in [0.25, 0.3) is 10.8 Å². The Morgan fingerprint density at radius 3 is 2.81 bits per heavy atom. The van der Waals surface area contributed by atoms with Gasteiger partial charge in [0.25, 0.3) is 5.91 Å². The number of carbonyl (C=O) groups excluding carboxylic acids is 2. The molecule has 0 radical (unpaired) electrons. The van der Waals surface area contributed by atoms with E-state index < -0.39 is 11.9 Å². The van der Waals surface area contributed by atoms with Gasteiger partial charge in [-0.05, 0) is 30.0 Å². The van der Waals surface area contributed by atoms with Gasteiger partial charge in [-0.25, -0.2) is 4.98 Å². The number of primary amides is 1. The number of ether oxygens (including phenoxy) is 2. The van der Waals surface area contributed by atoms with Crippen LogP contribution in [-0.4, -0.2) is 42.6 Å². The van der Waals surface area contributed by atoms with Gasteiger partial charge in [0.15, 0.2) is 0 Å². The summed E-state index contributed by atoms with van der Waals surface area (Å²) in [7, 11) is 1.46. The molecule has 138 valence electrons. The number of hydrogen-bond acceptors (Lipinski definition) is 6. The summed E-state index contributed by atoms with van der Waals surface area (Å²) in [6.07, 6.45) is 2.36. The van der Waals surface area contributed by atoms with E-state index >= 15 is 0 Å². The molecule has 0 bridgehead atoms. The molecule has 5 N–H and O–H groups in total. The van der Waals surface area contributed by atoms with Gasteiger partial charge in [0, 0.05) is 17.5 Å². The maximum absolute atomic E-state index is 11.8. The molecule has 0 spiro atoms. The van der Waals surface area contributed by atoms with Crippen molar-refractivity contribution in [3.05, 3.63) is 30.0 Å². The molecule has 3 atom stereocenters. The molecule has 2 amide bonds. The Kier molecular flexibility index (Phi) is 4.94. The smallest absolute Gasteiger partial charge is 0.252 e. The van der Waals surface area contributed by atoms with Crippen LogP contribution in [0, 0.1) is 5.92 Å². The van der Waals surface area contributed by atoms with Crippen molar-refractivity contribution >= 4 is 22.6 Å². The van der Waals surface area contributed by atoms with Gasteiger partial charge in [-0.2, -0.15) is 0 Å². The van der Waals surface area contributed by atoms with Crippen LogP contribution in [0.5, 0.6) is 11.6 Å². The number of rotatable bonds is 6. The highest BCUT2D eigenvalue weighted by Gasteiger charge is 2.39. The average molecular weight is 358 g/mol. The third kappa shape index (κ3) is 3.15. The van der Waals surface area contributed by atoms with Crippen LogP contribution in [0.15, 0.2) is 24.4 Å². The van der Waals surface area contributed by atoms with Crippen LogP contribution in [-0.2, 0) is 4.79 Å². The molecule has 1 fully saturated rings. The Morgan fingerprint density at radius 2 is 2.15 bits per heavy atom. The molecule has 0 saturated carbocycles. The molecular formula is C18H22N4O4. The van der Waals surface area contributed by atoms with E-state index in [-0.39, 0.29) is 30.0 Å². The topological polar surface area (TPSA) is 130 Å². The molecule has 1 aromatic heterocycles. The fourth-order valence-corrected chi connectivity index (χ4v) is 3.35. The molecule has 2 aromatic rings. The van der Waals surface area contributed by atoms with Crippen molar-refractivity contribution in [3.63, 3.8) is 0 Å². The number of nitrogens with one attached hydrogen (secondary N) is 1. The minimum absolute atomic E-state index is 0.00785. The van der Waals surface area contributed by atoms with Crippen molar-refractivity contribution in [2.24, 2.45) is 17.4 Å². The maximum atomic E-state index is 11.8. The summed E-state index contributed by atoms with van der Waals surface area (Å²) >= 11 is 0. The van der Waals surface area contributed by atoms with Crippen molar-refractivity contribution in [2.75, 3.05) is 13.7 Å². The maximum Gasteiger partial charge on any atom is 0.252 e. The van der Waals surface area contributed by atoms with E-state index in [9.17, 15) is 9.59 Å². The minimum Gasteiger partial charge on any atom is -0.496 e. The summed E-state index contributed by atoms with van der Waals surface area (Å²) in [6, 6.07) is 4.39. The number of benzene rings is 1. The molecule has 0 aliphatic carbocycles. The summed E-state index contributed by atoms with van der Waals surface area (Å²) in [5.74, 6) is 0.0147. The van der Waals surface area contributed by atoms with Gasteiger partial charge < -0.3 is 26.3 Å². The van der Waals surface area contributed by atoms with Crippen LogP contribution in [0.1, 0.15) is 23.7 Å². The quantitative estimate of drug-likeness (QED) is 0.692. The molecule has 26 heavy (non-hydrogen) atoms. The van der Waals surface area contributed by atoms with Crippen LogP contribution in [0.3, 0.4) is 0 Å². The molecule has 1 aliphatic heterocycles. The van der Waals surface area contributed by atoms with Gasteiger partial charge >= 0.3 is 0 Å². The Morgan fingerprint density at radius 1 is 1.38 bits per heavy atom. The van der Waals surface area contributed by atoms with E-state index in [1.165, 1.54) is 7.11 Å². The van der Waals surface area contributed by atoms with E-state index in [2.05, 4.69) is 10.3 Å². The van der Waals surface area contributed by atoms with Crippen LogP contribution in [0.4, 0.5) is 0 Å². The van der Waals surface area contributed by atoms with Crippen molar-refractivity contribution in [1.82, 2.24) is 10.3 Å². The van der Waals surface area contributed by atoms with Crippen molar-refractivity contribution in [3.8, 4) is 11.6 Å². The fraction of sp³-hybridized carbons (Fsp3) is 0.389. The number of hydrogen-bond donors (Lipinski definition) is 3. The molecule has 0 unspecified atom stereocenters. The number of amides is 2. The van der Waals surface area contributed by atoms with Gasteiger partial charge in [-0.15, -0.1) is 0 Å². The third-order valence-corrected chi connectivity index (χ3v) is 4.79. The average Bonchev–Trinajstić information content (AvgIpc) is 2.91. The minimum atomic E-state index is -0.573. The Balaban J connectivity index is 1.89. The Bertz CT molecular complexity index is 854. The zero-order valence-corrected chi connectivity index (χ0v) is 14.7. The van der Waals surface area contributed by atoms with Gasteiger partial charge in [0.2, 0.25) is 11.8 Å². The van der Waals surface area contributed by atoms with Gasteiger partial charge in [0.05, 0.1) is 24.8 Å². The van der Waals surface area contributed by atoms with E-state index in [0.717, 1.165) is 11.8 Å². The Labute approximate surface area is 150 Å². The summed E-state index contributed by atoms with van der Waals surface area (Å²) in [5.41, 5.74) is 11.6. The molecule has 1 saturated heterocycles. The summed E-state index contributed by atoms with van der Waals surface area (Å²) in [5, 5.41) is 4.31. The molecule has 1 aliphatic rings. The lowest BCUT2D eigenvalue weighted by atomic mass is 9.94. The number of pyridine rings is 1. The highest BCUT2D eigenvalue weighted by Crippen LogP contribution is 2.31. The molecule has 8 heteroatoms. The highest BCUT2D eigenvalue weighted by atomic mass is 16.5. The van der Waals surface area contributed by atoms with Crippen LogP contribution >= 0.6 is 0 Å². The zero-order chi connectivity index (χ0) is 18.8. The monoisotopic (exact) mass is 358 g/mol. The van der Waals surface area contributed by atoms with Crippen molar-refractivity contribution in [2.45, 2.75) is 25.4 Å². The summed E-state index contributed by atoms with van der Waals surface area (Å²) < 4.78 is 11.1. The van der Waals surface area contributed by atoms with Gasteiger partial charge in [-0.1, -0.05) is 6.92 Å². The highest BCUT2D eigenvalue weighted by molar-refractivity contribution is 6.01. The zero-order valence-electron chi connectivity index (χ0n) is 14.7. The van der Waals surface area contributed by atoms with Crippen LogP contribution < -0.4 is 26.3 Å². The number of methoxy groups -OCH3 is 1. The first-order chi connectivity index (χ1) is 12.5. The summed E-state index contributed by atoms with van der Waals surface area (Å²) in [6.45, 7) is 2.24. The van der Waals surface area contributed by atoms with E-state index in [1.54, 1.807) is 24.4 Å². The Hall–Kier alpha value is -2.87. The lowest BCUT2D eigenvalue weighted by Gasteiger charge is -2.20. The van der Waals surface area contributed by atoms with Gasteiger partial charge in [-0.3, -0.25) is 9.59 Å². The molecule has 8 nitrogen and oxygen atoms in total. The first kappa shape index (κ1) is 17.9. The van der Waals surface area contributed by atoms with E-state index in [4.69, 9.17) is 20.9 Å².